The van der Waals surface area contributed by atoms with Gasteiger partial charge in [-0.3, -0.25) is 4.79 Å². The Morgan fingerprint density at radius 2 is 1.94 bits per heavy atom. The first kappa shape index (κ1) is 14.7. The third-order valence-electron chi connectivity index (χ3n) is 1.55. The van der Waals surface area contributed by atoms with E-state index in [0.29, 0.717) is 13.1 Å². The summed E-state index contributed by atoms with van der Waals surface area (Å²) in [7, 11) is 1.51. The van der Waals surface area contributed by atoms with E-state index in [4.69, 9.17) is 10.5 Å². The monoisotopic (exact) mass is 231 g/mol. The summed E-state index contributed by atoms with van der Waals surface area (Å²) in [6.07, 6.45) is -0.518. The molecule has 0 saturated carbocycles. The van der Waals surface area contributed by atoms with E-state index in [1.807, 2.05) is 0 Å². The summed E-state index contributed by atoms with van der Waals surface area (Å²) >= 11 is 0. The van der Waals surface area contributed by atoms with Gasteiger partial charge in [-0.2, -0.15) is 0 Å². The quantitative estimate of drug-likeness (QED) is 0.709. The molecule has 0 aromatic rings. The first-order valence-electron chi connectivity index (χ1n) is 5.17. The Hall–Kier alpha value is -1.30. The van der Waals surface area contributed by atoms with Gasteiger partial charge >= 0.3 is 6.09 Å². The van der Waals surface area contributed by atoms with Crippen LogP contribution in [0.4, 0.5) is 4.79 Å². The van der Waals surface area contributed by atoms with Crippen LogP contribution in [0.5, 0.6) is 0 Å². The van der Waals surface area contributed by atoms with Gasteiger partial charge in [0.25, 0.3) is 0 Å². The molecule has 0 fully saturated rings. The van der Waals surface area contributed by atoms with E-state index in [0.717, 1.165) is 0 Å². The zero-order valence-electron chi connectivity index (χ0n) is 10.4. The molecule has 0 aromatic heterocycles. The third kappa shape index (κ3) is 7.05. The van der Waals surface area contributed by atoms with Crippen LogP contribution in [-0.4, -0.2) is 49.2 Å². The van der Waals surface area contributed by atoms with Gasteiger partial charge in [-0.05, 0) is 20.8 Å². The maximum atomic E-state index is 11.5. The largest absolute Gasteiger partial charge is 0.444 e. The van der Waals surface area contributed by atoms with Crippen molar-refractivity contribution in [3.05, 3.63) is 0 Å². The molecule has 0 unspecified atom stereocenters. The molecule has 0 spiro atoms. The molecule has 6 nitrogen and oxygen atoms in total. The van der Waals surface area contributed by atoms with Crippen LogP contribution in [0.3, 0.4) is 0 Å². The number of carbonyl (C=O) groups is 2. The molecule has 0 aromatic carbocycles. The summed E-state index contributed by atoms with van der Waals surface area (Å²) in [6.45, 7) is 6.06. The SMILES string of the molecule is CN(CC(=O)NCCN)C(=O)OC(C)(C)C. The number of nitrogens with zero attached hydrogens (tertiary/aromatic N) is 1. The molecule has 0 heterocycles. The number of hydrogen-bond acceptors (Lipinski definition) is 4. The second-order valence-electron chi connectivity index (χ2n) is 4.48. The average Bonchev–Trinajstić information content (AvgIpc) is 2.11. The zero-order valence-corrected chi connectivity index (χ0v) is 10.4. The topological polar surface area (TPSA) is 84.7 Å². The van der Waals surface area contributed by atoms with Crippen LogP contribution in [0.1, 0.15) is 20.8 Å². The number of hydrogen-bond donors (Lipinski definition) is 2. The number of nitrogens with one attached hydrogen (secondary N) is 1. The highest BCUT2D eigenvalue weighted by molar-refractivity contribution is 5.82. The van der Waals surface area contributed by atoms with Crippen molar-refractivity contribution in [3.8, 4) is 0 Å². The Morgan fingerprint density at radius 3 is 2.38 bits per heavy atom. The predicted octanol–water partition coefficient (Wildman–Crippen LogP) is -0.0718. The van der Waals surface area contributed by atoms with Crippen molar-refractivity contribution >= 4 is 12.0 Å². The van der Waals surface area contributed by atoms with Crippen molar-refractivity contribution in [2.45, 2.75) is 26.4 Å². The standard InChI is InChI=1S/C10H21N3O3/c1-10(2,3)16-9(15)13(4)7-8(14)12-6-5-11/h5-7,11H2,1-4H3,(H,12,14). The van der Waals surface area contributed by atoms with E-state index in [9.17, 15) is 9.59 Å². The van der Waals surface area contributed by atoms with E-state index < -0.39 is 11.7 Å². The van der Waals surface area contributed by atoms with E-state index in [1.54, 1.807) is 20.8 Å². The number of rotatable bonds is 4. The lowest BCUT2D eigenvalue weighted by atomic mass is 10.2. The van der Waals surface area contributed by atoms with E-state index >= 15 is 0 Å². The highest BCUT2D eigenvalue weighted by atomic mass is 16.6. The molecule has 94 valence electrons. The maximum Gasteiger partial charge on any atom is 0.410 e. The molecule has 0 aliphatic rings. The second kappa shape index (κ2) is 6.32. The molecule has 0 aliphatic carbocycles. The highest BCUT2D eigenvalue weighted by Crippen LogP contribution is 2.08. The zero-order chi connectivity index (χ0) is 12.8. The fourth-order valence-corrected chi connectivity index (χ4v) is 0.887. The average molecular weight is 231 g/mol. The summed E-state index contributed by atoms with van der Waals surface area (Å²) in [5.41, 5.74) is 4.67. The maximum absolute atomic E-state index is 11.5. The molecule has 3 N–H and O–H groups in total. The Labute approximate surface area is 96.1 Å². The van der Waals surface area contributed by atoms with Crippen LogP contribution >= 0.6 is 0 Å². The molecule has 0 rings (SSSR count). The molecule has 0 saturated heterocycles. The summed E-state index contributed by atoms with van der Waals surface area (Å²) in [4.78, 5) is 24.0. The first-order chi connectivity index (χ1) is 7.26. The van der Waals surface area contributed by atoms with Crippen molar-refractivity contribution in [3.63, 3.8) is 0 Å². The van der Waals surface area contributed by atoms with Gasteiger partial charge in [0.2, 0.25) is 5.91 Å². The Balaban J connectivity index is 4.01. The minimum absolute atomic E-state index is 0.0328. The molecule has 6 heteroatoms. The number of ether oxygens (including phenoxy) is 1. The Kier molecular flexibility index (Phi) is 5.81. The number of carbonyl (C=O) groups excluding carboxylic acids is 2. The number of likely N-dealkylation sites (N-methyl/N-ethyl adjacent to an activating group) is 1. The van der Waals surface area contributed by atoms with Crippen LogP contribution in [0, 0.1) is 0 Å². The van der Waals surface area contributed by atoms with E-state index in [2.05, 4.69) is 5.32 Å². The van der Waals surface area contributed by atoms with Crippen LogP contribution in [0.15, 0.2) is 0 Å². The summed E-state index contributed by atoms with van der Waals surface area (Å²) < 4.78 is 5.09. The van der Waals surface area contributed by atoms with Gasteiger partial charge in [-0.15, -0.1) is 0 Å². The van der Waals surface area contributed by atoms with Crippen molar-refractivity contribution in [1.82, 2.24) is 10.2 Å². The molecule has 16 heavy (non-hydrogen) atoms. The molecular formula is C10H21N3O3. The molecule has 0 radical (unpaired) electrons. The predicted molar refractivity (Wildman–Crippen MR) is 60.9 cm³/mol. The molecule has 0 bridgehead atoms. The molecule has 0 aliphatic heterocycles. The highest BCUT2D eigenvalue weighted by Gasteiger charge is 2.20. The summed E-state index contributed by atoms with van der Waals surface area (Å²) in [6, 6.07) is 0. The Bertz CT molecular complexity index is 248. The van der Waals surface area contributed by atoms with E-state index in [-0.39, 0.29) is 12.5 Å². The van der Waals surface area contributed by atoms with Gasteiger partial charge in [0.1, 0.15) is 12.1 Å². The lowest BCUT2D eigenvalue weighted by Crippen LogP contribution is -2.42. The van der Waals surface area contributed by atoms with Crippen LogP contribution in [-0.2, 0) is 9.53 Å². The number of amides is 2. The van der Waals surface area contributed by atoms with Crippen LogP contribution < -0.4 is 11.1 Å². The van der Waals surface area contributed by atoms with Crippen molar-refractivity contribution in [1.29, 1.82) is 0 Å². The Morgan fingerprint density at radius 1 is 1.38 bits per heavy atom. The molecular weight excluding hydrogens is 210 g/mol. The van der Waals surface area contributed by atoms with Gasteiger partial charge in [0.15, 0.2) is 0 Å². The van der Waals surface area contributed by atoms with Gasteiger partial charge < -0.3 is 20.7 Å². The first-order valence-corrected chi connectivity index (χ1v) is 5.17. The van der Waals surface area contributed by atoms with Crippen molar-refractivity contribution < 1.29 is 14.3 Å². The minimum Gasteiger partial charge on any atom is -0.444 e. The van der Waals surface area contributed by atoms with E-state index in [1.165, 1.54) is 11.9 Å². The van der Waals surface area contributed by atoms with Crippen molar-refractivity contribution in [2.24, 2.45) is 5.73 Å². The lowest BCUT2D eigenvalue weighted by Gasteiger charge is -2.24. The van der Waals surface area contributed by atoms with Gasteiger partial charge in [0.05, 0.1) is 0 Å². The third-order valence-corrected chi connectivity index (χ3v) is 1.55. The van der Waals surface area contributed by atoms with Gasteiger partial charge in [-0.1, -0.05) is 0 Å². The summed E-state index contributed by atoms with van der Waals surface area (Å²) in [5, 5.41) is 2.57. The number of nitrogens with two attached hydrogens (primary N) is 1. The van der Waals surface area contributed by atoms with Crippen molar-refractivity contribution in [2.75, 3.05) is 26.7 Å². The smallest absolute Gasteiger partial charge is 0.410 e. The van der Waals surface area contributed by atoms with Crippen LogP contribution in [0.2, 0.25) is 0 Å². The fraction of sp³-hybridized carbons (Fsp3) is 0.800. The second-order valence-corrected chi connectivity index (χ2v) is 4.48. The van der Waals surface area contributed by atoms with Crippen LogP contribution in [0.25, 0.3) is 0 Å². The fourth-order valence-electron chi connectivity index (χ4n) is 0.887. The lowest BCUT2D eigenvalue weighted by molar-refractivity contribution is -0.121. The summed E-state index contributed by atoms with van der Waals surface area (Å²) in [5.74, 6) is -0.251. The normalized spacial score (nSPS) is 10.8. The molecule has 2 amide bonds. The minimum atomic E-state index is -0.556. The van der Waals surface area contributed by atoms with Gasteiger partial charge in [-0.25, -0.2) is 4.79 Å². The molecule has 0 atom stereocenters. The van der Waals surface area contributed by atoms with Gasteiger partial charge in [0, 0.05) is 20.1 Å².